The van der Waals surface area contributed by atoms with Crippen LogP contribution in [0.2, 0.25) is 0 Å². The van der Waals surface area contributed by atoms with Crippen molar-refractivity contribution in [2.24, 2.45) is 0 Å². The van der Waals surface area contributed by atoms with Gasteiger partial charge in [0.15, 0.2) is 0 Å². The van der Waals surface area contributed by atoms with Gasteiger partial charge in [-0.25, -0.2) is 4.79 Å². The number of para-hydroxylation sites is 1. The maximum atomic E-state index is 12.1. The molecule has 1 aromatic heterocycles. The quantitative estimate of drug-likeness (QED) is 0.743. The molecule has 100 valence electrons. The minimum atomic E-state index is -0.578. The highest BCUT2D eigenvalue weighted by molar-refractivity contribution is 5.53. The molecule has 0 amide bonds. The van der Waals surface area contributed by atoms with Crippen LogP contribution in [0.15, 0.2) is 45.7 Å². The van der Waals surface area contributed by atoms with Gasteiger partial charge in [0, 0.05) is 11.1 Å². The molecule has 4 rings (SSSR count). The summed E-state index contributed by atoms with van der Waals surface area (Å²) in [5.74, 6) is 0.696. The third-order valence-electron chi connectivity index (χ3n) is 3.56. The molecule has 20 heavy (non-hydrogen) atoms. The fraction of sp³-hybridized carbons (Fsp3) is 0.143. The Balaban J connectivity index is 2.03. The number of benzene rings is 1. The van der Waals surface area contributed by atoms with Gasteiger partial charge in [0.05, 0.1) is 17.7 Å². The number of fused-ring (bicyclic) bond motifs is 5. The normalized spacial score (nSPS) is 18.8. The number of aromatic amines is 2. The first-order valence-electron chi connectivity index (χ1n) is 6.18. The molecule has 1 atom stereocenters. The van der Waals surface area contributed by atoms with Crippen molar-refractivity contribution in [3.63, 3.8) is 0 Å². The van der Waals surface area contributed by atoms with Crippen LogP contribution in [0.1, 0.15) is 17.0 Å². The summed E-state index contributed by atoms with van der Waals surface area (Å²) in [7, 11) is 0. The number of hydrogen-bond donors (Lipinski definition) is 2. The Labute approximate surface area is 112 Å². The summed E-state index contributed by atoms with van der Waals surface area (Å²) < 4.78 is 11.0. The zero-order valence-corrected chi connectivity index (χ0v) is 10.3. The first kappa shape index (κ1) is 11.1. The van der Waals surface area contributed by atoms with E-state index >= 15 is 0 Å². The van der Waals surface area contributed by atoms with Crippen molar-refractivity contribution >= 4 is 0 Å². The molecule has 3 heterocycles. The van der Waals surface area contributed by atoms with Crippen molar-refractivity contribution in [1.82, 2.24) is 9.97 Å². The molecule has 6 heteroatoms. The smallest absolute Gasteiger partial charge is 0.328 e. The fourth-order valence-corrected chi connectivity index (χ4v) is 2.70. The van der Waals surface area contributed by atoms with E-state index < -0.39 is 11.2 Å². The van der Waals surface area contributed by atoms with Gasteiger partial charge in [-0.15, -0.1) is 0 Å². The van der Waals surface area contributed by atoms with Crippen LogP contribution in [0.25, 0.3) is 0 Å². The van der Waals surface area contributed by atoms with Crippen LogP contribution in [0.4, 0.5) is 0 Å². The third-order valence-corrected chi connectivity index (χ3v) is 3.56. The number of aromatic nitrogens is 2. The van der Waals surface area contributed by atoms with Gasteiger partial charge >= 0.3 is 5.69 Å². The van der Waals surface area contributed by atoms with Crippen molar-refractivity contribution < 1.29 is 9.47 Å². The predicted octanol–water partition coefficient (Wildman–Crippen LogP) is 0.864. The van der Waals surface area contributed by atoms with Gasteiger partial charge in [-0.3, -0.25) is 14.8 Å². The highest BCUT2D eigenvalue weighted by Crippen LogP contribution is 2.43. The van der Waals surface area contributed by atoms with Crippen LogP contribution in [0, 0.1) is 0 Å². The minimum absolute atomic E-state index is 0.198. The van der Waals surface area contributed by atoms with Gasteiger partial charge in [-0.2, -0.15) is 0 Å². The largest absolute Gasteiger partial charge is 0.489 e. The lowest BCUT2D eigenvalue weighted by Gasteiger charge is -2.31. The zero-order valence-electron chi connectivity index (χ0n) is 10.3. The van der Waals surface area contributed by atoms with Gasteiger partial charge in [0.2, 0.25) is 5.88 Å². The summed E-state index contributed by atoms with van der Waals surface area (Å²) in [4.78, 5) is 28.2. The summed E-state index contributed by atoms with van der Waals surface area (Å²) in [6, 6.07) is 7.54. The highest BCUT2D eigenvalue weighted by atomic mass is 16.5. The standard InChI is InChI=1S/C14H10N2O4/c17-12-11-10-7(6-20-13(11)16-14(18)15-12)5-19-9-4-2-1-3-8(9)10/h1-4,6,10H,5H2,(H2,15,16,17,18)/t10-/m0/s1. The van der Waals surface area contributed by atoms with Crippen LogP contribution in [0.5, 0.6) is 11.6 Å². The van der Waals surface area contributed by atoms with Crippen LogP contribution in [-0.2, 0) is 0 Å². The molecular weight excluding hydrogens is 260 g/mol. The predicted molar refractivity (Wildman–Crippen MR) is 70.2 cm³/mol. The molecule has 0 bridgehead atoms. The van der Waals surface area contributed by atoms with Crippen molar-refractivity contribution in [3.05, 3.63) is 68.1 Å². The van der Waals surface area contributed by atoms with Gasteiger partial charge in [0.25, 0.3) is 5.56 Å². The van der Waals surface area contributed by atoms with E-state index in [1.807, 2.05) is 24.3 Å². The second-order valence-corrected chi connectivity index (χ2v) is 4.72. The summed E-state index contributed by atoms with van der Waals surface area (Å²) in [5.41, 5.74) is 1.15. The Morgan fingerprint density at radius 1 is 1.15 bits per heavy atom. The van der Waals surface area contributed by atoms with Gasteiger partial charge in [-0.05, 0) is 6.07 Å². The lowest BCUT2D eigenvalue weighted by molar-refractivity contribution is 0.305. The third kappa shape index (κ3) is 1.45. The van der Waals surface area contributed by atoms with Crippen molar-refractivity contribution in [2.45, 2.75) is 5.92 Å². The molecule has 0 unspecified atom stereocenters. The van der Waals surface area contributed by atoms with E-state index in [9.17, 15) is 9.59 Å². The van der Waals surface area contributed by atoms with Crippen LogP contribution in [-0.4, -0.2) is 16.6 Å². The molecule has 2 aliphatic heterocycles. The van der Waals surface area contributed by atoms with Crippen LogP contribution in [0.3, 0.4) is 0 Å². The van der Waals surface area contributed by atoms with E-state index in [2.05, 4.69) is 9.97 Å². The van der Waals surface area contributed by atoms with Gasteiger partial charge in [0.1, 0.15) is 12.4 Å². The molecule has 0 spiro atoms. The average Bonchev–Trinajstić information content (AvgIpc) is 2.46. The number of nitrogens with one attached hydrogen (secondary N) is 2. The molecule has 2 aliphatic rings. The molecular formula is C14H10N2O4. The Morgan fingerprint density at radius 2 is 2.00 bits per heavy atom. The lowest BCUT2D eigenvalue weighted by atomic mass is 9.83. The SMILES string of the molecule is O=c1[nH]c2c(c(=O)[nH]1)[C@H]1C(=CO2)COc2ccccc21. The average molecular weight is 270 g/mol. The minimum Gasteiger partial charge on any atom is -0.489 e. The number of H-pyrrole nitrogens is 2. The van der Waals surface area contributed by atoms with Gasteiger partial charge in [-0.1, -0.05) is 18.2 Å². The summed E-state index contributed by atoms with van der Waals surface area (Å²) in [6.07, 6.45) is 1.54. The number of rotatable bonds is 0. The Bertz CT molecular complexity index is 847. The summed E-state index contributed by atoms with van der Waals surface area (Å²) >= 11 is 0. The molecule has 6 nitrogen and oxygen atoms in total. The number of ether oxygens (including phenoxy) is 2. The molecule has 2 N–H and O–H groups in total. The zero-order chi connectivity index (χ0) is 13.7. The monoisotopic (exact) mass is 270 g/mol. The van der Waals surface area contributed by atoms with E-state index in [0.717, 1.165) is 16.9 Å². The maximum absolute atomic E-state index is 12.1. The van der Waals surface area contributed by atoms with E-state index in [-0.39, 0.29) is 11.8 Å². The molecule has 0 radical (unpaired) electrons. The van der Waals surface area contributed by atoms with E-state index in [4.69, 9.17) is 9.47 Å². The van der Waals surface area contributed by atoms with Crippen molar-refractivity contribution in [2.75, 3.05) is 6.61 Å². The Kier molecular flexibility index (Phi) is 2.14. The maximum Gasteiger partial charge on any atom is 0.328 e. The second kappa shape index (κ2) is 3.86. The molecule has 0 aliphatic carbocycles. The van der Waals surface area contributed by atoms with Crippen LogP contribution < -0.4 is 20.7 Å². The van der Waals surface area contributed by atoms with Crippen molar-refractivity contribution in [1.29, 1.82) is 0 Å². The molecule has 0 saturated heterocycles. The molecule has 1 aromatic carbocycles. The Morgan fingerprint density at radius 3 is 2.90 bits per heavy atom. The first-order valence-corrected chi connectivity index (χ1v) is 6.18. The van der Waals surface area contributed by atoms with E-state index in [0.29, 0.717) is 12.2 Å². The van der Waals surface area contributed by atoms with Crippen LogP contribution >= 0.6 is 0 Å². The Hall–Kier alpha value is -2.76. The highest BCUT2D eigenvalue weighted by Gasteiger charge is 2.35. The molecule has 2 aromatic rings. The van der Waals surface area contributed by atoms with Crippen molar-refractivity contribution in [3.8, 4) is 11.6 Å². The lowest BCUT2D eigenvalue weighted by Crippen LogP contribution is -2.33. The van der Waals surface area contributed by atoms with E-state index in [1.54, 1.807) is 0 Å². The first-order chi connectivity index (χ1) is 9.74. The second-order valence-electron chi connectivity index (χ2n) is 4.72. The van der Waals surface area contributed by atoms with Gasteiger partial charge < -0.3 is 9.47 Å². The van der Waals surface area contributed by atoms with E-state index in [1.165, 1.54) is 6.26 Å². The summed E-state index contributed by atoms with van der Waals surface area (Å²) in [6.45, 7) is 0.361. The summed E-state index contributed by atoms with van der Waals surface area (Å²) in [5, 5.41) is 0. The number of hydrogen-bond acceptors (Lipinski definition) is 4. The molecule has 0 saturated carbocycles. The topological polar surface area (TPSA) is 84.2 Å². The molecule has 0 fully saturated rings. The fourth-order valence-electron chi connectivity index (χ4n) is 2.70.